The number of benzene rings is 2. The smallest absolute Gasteiger partial charge is 0.00960 e. The molecule has 95 valence electrons. The Morgan fingerprint density at radius 3 is 1.94 bits per heavy atom. The molecule has 0 nitrogen and oxygen atoms in total. The van der Waals surface area contributed by atoms with Gasteiger partial charge in [-0.3, -0.25) is 0 Å². The Kier molecular flexibility index (Phi) is 3.01. The third kappa shape index (κ3) is 2.58. The minimum atomic E-state index is 0.188. The van der Waals surface area contributed by atoms with Gasteiger partial charge in [0.05, 0.1) is 0 Å². The van der Waals surface area contributed by atoms with Crippen molar-refractivity contribution in [3.63, 3.8) is 0 Å². The molecule has 0 aliphatic rings. The van der Waals surface area contributed by atoms with Crippen LogP contribution >= 0.6 is 0 Å². The van der Waals surface area contributed by atoms with E-state index in [0.29, 0.717) is 0 Å². The molecule has 0 aromatic heterocycles. The highest BCUT2D eigenvalue weighted by molar-refractivity contribution is 5.83. The Morgan fingerprint density at radius 1 is 0.778 bits per heavy atom. The zero-order valence-electron chi connectivity index (χ0n) is 12.4. The lowest BCUT2D eigenvalue weighted by Gasteiger charge is -2.21. The fourth-order valence-corrected chi connectivity index (χ4v) is 2.07. The summed E-state index contributed by atoms with van der Waals surface area (Å²) >= 11 is 0. The maximum atomic E-state index is 3.44. The maximum absolute atomic E-state index is 3.44. The number of rotatable bonds is 0. The molecule has 0 heteroatoms. The average molecular weight is 239 g/mol. The van der Waals surface area contributed by atoms with Crippen molar-refractivity contribution in [1.29, 1.82) is 0 Å². The topological polar surface area (TPSA) is 0 Å². The van der Waals surface area contributed by atoms with Gasteiger partial charge < -0.3 is 0 Å². The monoisotopic (exact) mass is 239 g/mol. The van der Waals surface area contributed by atoms with Crippen LogP contribution in [0.5, 0.6) is 0 Å². The van der Waals surface area contributed by atoms with E-state index >= 15 is 0 Å². The van der Waals surface area contributed by atoms with Gasteiger partial charge in [0.1, 0.15) is 0 Å². The quantitative estimate of drug-likeness (QED) is 0.590. The van der Waals surface area contributed by atoms with Gasteiger partial charge in [0.15, 0.2) is 0 Å². The molecular formula is C18H23. The van der Waals surface area contributed by atoms with Crippen molar-refractivity contribution in [1.82, 2.24) is 0 Å². The highest BCUT2D eigenvalue weighted by Crippen LogP contribution is 2.29. The molecule has 18 heavy (non-hydrogen) atoms. The molecule has 0 saturated carbocycles. The van der Waals surface area contributed by atoms with Crippen molar-refractivity contribution in [3.8, 4) is 0 Å². The first kappa shape index (κ1) is 13.1. The second-order valence-corrected chi connectivity index (χ2v) is 7.19. The van der Waals surface area contributed by atoms with Gasteiger partial charge in [-0.05, 0) is 44.9 Å². The van der Waals surface area contributed by atoms with Crippen LogP contribution in [-0.2, 0) is 10.8 Å². The lowest BCUT2D eigenvalue weighted by Crippen LogP contribution is -2.12. The van der Waals surface area contributed by atoms with Crippen LogP contribution in [0.4, 0.5) is 0 Å². The van der Waals surface area contributed by atoms with E-state index in [2.05, 4.69) is 77.9 Å². The second-order valence-electron chi connectivity index (χ2n) is 7.19. The summed E-state index contributed by atoms with van der Waals surface area (Å²) in [6.07, 6.45) is 0. The summed E-state index contributed by atoms with van der Waals surface area (Å²) in [5, 5.41) is 2.51. The number of fused-ring (bicyclic) bond motifs is 1. The Bertz CT molecular complexity index is 509. The van der Waals surface area contributed by atoms with Gasteiger partial charge in [-0.2, -0.15) is 0 Å². The summed E-state index contributed by atoms with van der Waals surface area (Å²) in [5.41, 5.74) is 3.10. The molecule has 0 aliphatic carbocycles. The highest BCUT2D eigenvalue weighted by Gasteiger charge is 2.16. The molecule has 2 aromatic rings. The zero-order valence-corrected chi connectivity index (χ0v) is 12.4. The highest BCUT2D eigenvalue weighted by atomic mass is 14.2. The molecule has 0 amide bonds. The van der Waals surface area contributed by atoms with Crippen LogP contribution in [0.15, 0.2) is 30.3 Å². The molecule has 0 heterocycles. The molecule has 0 unspecified atom stereocenters. The molecule has 0 fully saturated rings. The van der Waals surface area contributed by atoms with Gasteiger partial charge in [0.25, 0.3) is 0 Å². The van der Waals surface area contributed by atoms with Crippen LogP contribution in [-0.4, -0.2) is 0 Å². The first-order valence-corrected chi connectivity index (χ1v) is 6.64. The molecule has 0 saturated heterocycles. The standard InChI is InChI=1S/C18H23/c1-17(2,3)15-9-7-14-12-16(18(4,5)6)10-8-13(14)11-15/h7,9-12H,1-6H3. The van der Waals surface area contributed by atoms with Crippen molar-refractivity contribution < 1.29 is 0 Å². The van der Waals surface area contributed by atoms with Gasteiger partial charge >= 0.3 is 0 Å². The Labute approximate surface area is 111 Å². The predicted octanol–water partition coefficient (Wildman–Crippen LogP) is 5.23. The molecule has 1 radical (unpaired) electrons. The van der Waals surface area contributed by atoms with E-state index in [1.807, 2.05) is 0 Å². The third-order valence-corrected chi connectivity index (χ3v) is 3.48. The lowest BCUT2D eigenvalue weighted by atomic mass is 9.83. The summed E-state index contributed by atoms with van der Waals surface area (Å²) in [4.78, 5) is 0. The Morgan fingerprint density at radius 2 is 1.39 bits per heavy atom. The second kappa shape index (κ2) is 4.12. The Balaban J connectivity index is 2.56. The van der Waals surface area contributed by atoms with Gasteiger partial charge in [-0.25, -0.2) is 0 Å². The summed E-state index contributed by atoms with van der Waals surface area (Å²) in [5.74, 6) is 0. The Hall–Kier alpha value is -1.30. The molecule has 0 spiro atoms. The van der Waals surface area contributed by atoms with Gasteiger partial charge in [0.2, 0.25) is 0 Å². The number of hydrogen-bond acceptors (Lipinski definition) is 0. The van der Waals surface area contributed by atoms with Gasteiger partial charge in [-0.1, -0.05) is 65.8 Å². The van der Waals surface area contributed by atoms with E-state index in [0.717, 1.165) is 0 Å². The molecule has 0 bridgehead atoms. The molecule has 0 atom stereocenters. The fourth-order valence-electron chi connectivity index (χ4n) is 2.07. The first-order valence-electron chi connectivity index (χ1n) is 6.64. The average Bonchev–Trinajstić information content (AvgIpc) is 2.25. The molecule has 0 N–H and O–H groups in total. The van der Waals surface area contributed by atoms with E-state index in [1.165, 1.54) is 21.9 Å². The summed E-state index contributed by atoms with van der Waals surface area (Å²) in [6, 6.07) is 14.6. The van der Waals surface area contributed by atoms with Crippen molar-refractivity contribution >= 4 is 10.8 Å². The predicted molar refractivity (Wildman–Crippen MR) is 80.2 cm³/mol. The van der Waals surface area contributed by atoms with Crippen LogP contribution in [0.3, 0.4) is 0 Å². The number of hydrogen-bond donors (Lipinski definition) is 0. The molecule has 2 rings (SSSR count). The van der Waals surface area contributed by atoms with Crippen molar-refractivity contribution in [3.05, 3.63) is 47.5 Å². The lowest BCUT2D eigenvalue weighted by molar-refractivity contribution is 0.589. The summed E-state index contributed by atoms with van der Waals surface area (Å²) < 4.78 is 0. The largest absolute Gasteiger partial charge is 0.0579 e. The van der Waals surface area contributed by atoms with Crippen molar-refractivity contribution in [2.24, 2.45) is 0 Å². The van der Waals surface area contributed by atoms with E-state index in [-0.39, 0.29) is 10.8 Å². The fraction of sp³-hybridized carbons (Fsp3) is 0.444. The molecule has 2 aromatic carbocycles. The summed E-state index contributed by atoms with van der Waals surface area (Å²) in [7, 11) is 0. The minimum Gasteiger partial charge on any atom is -0.0579 e. The van der Waals surface area contributed by atoms with E-state index in [4.69, 9.17) is 0 Å². The van der Waals surface area contributed by atoms with Crippen molar-refractivity contribution in [2.45, 2.75) is 52.4 Å². The van der Waals surface area contributed by atoms with Crippen LogP contribution in [0.25, 0.3) is 10.8 Å². The van der Waals surface area contributed by atoms with E-state index in [9.17, 15) is 0 Å². The molecular weight excluding hydrogens is 216 g/mol. The van der Waals surface area contributed by atoms with Gasteiger partial charge in [0, 0.05) is 0 Å². The minimum absolute atomic E-state index is 0.188. The molecule has 0 aliphatic heterocycles. The first-order chi connectivity index (χ1) is 8.18. The van der Waals surface area contributed by atoms with E-state index in [1.54, 1.807) is 0 Å². The van der Waals surface area contributed by atoms with Crippen LogP contribution < -0.4 is 0 Å². The van der Waals surface area contributed by atoms with Gasteiger partial charge in [-0.15, -0.1) is 0 Å². The van der Waals surface area contributed by atoms with Crippen molar-refractivity contribution in [2.75, 3.05) is 0 Å². The zero-order chi connectivity index (χ0) is 13.6. The van der Waals surface area contributed by atoms with Crippen LogP contribution in [0.2, 0.25) is 0 Å². The van der Waals surface area contributed by atoms with Crippen LogP contribution in [0.1, 0.15) is 52.7 Å². The van der Waals surface area contributed by atoms with Crippen LogP contribution in [0, 0.1) is 6.07 Å². The normalized spacial score (nSPS) is 13.0. The third-order valence-electron chi connectivity index (χ3n) is 3.48. The summed E-state index contributed by atoms with van der Waals surface area (Å²) in [6.45, 7) is 13.5. The van der Waals surface area contributed by atoms with E-state index < -0.39 is 0 Å². The SMILES string of the molecule is CC(C)(C)c1ccc2cc(C(C)(C)C)c[c]c2c1. The maximum Gasteiger partial charge on any atom is -0.00960 e.